The maximum atomic E-state index is 12.5. The molecule has 2 heterocycles. The van der Waals surface area contributed by atoms with E-state index in [0.717, 1.165) is 16.2 Å². The summed E-state index contributed by atoms with van der Waals surface area (Å²) in [5.74, 6) is 0. The van der Waals surface area contributed by atoms with Crippen LogP contribution in [0.25, 0.3) is 0 Å². The van der Waals surface area contributed by atoms with Crippen LogP contribution in [0.15, 0.2) is 33.2 Å². The van der Waals surface area contributed by atoms with Gasteiger partial charge >= 0.3 is 0 Å². The van der Waals surface area contributed by atoms with Gasteiger partial charge in [0.1, 0.15) is 4.21 Å². The van der Waals surface area contributed by atoms with Crippen LogP contribution in [0.2, 0.25) is 0 Å². The second-order valence-electron chi connectivity index (χ2n) is 3.94. The minimum absolute atomic E-state index is 0.136. The molecular weight excluding hydrogens is 302 g/mol. The van der Waals surface area contributed by atoms with E-state index in [9.17, 15) is 8.42 Å². The van der Waals surface area contributed by atoms with Crippen LogP contribution in [0, 0.1) is 0 Å². The van der Waals surface area contributed by atoms with Gasteiger partial charge in [-0.05, 0) is 28.5 Å². The summed E-state index contributed by atoms with van der Waals surface area (Å²) in [7, 11) is -3.47. The molecule has 2 aromatic heterocycles. The molecule has 0 aliphatic rings. The predicted octanol–water partition coefficient (Wildman–Crippen LogP) is 2.51. The van der Waals surface area contributed by atoms with Crippen LogP contribution in [0.5, 0.6) is 0 Å². The number of rotatable bonds is 6. The third-order valence-electron chi connectivity index (χ3n) is 2.67. The molecule has 2 rings (SSSR count). The summed E-state index contributed by atoms with van der Waals surface area (Å²) in [5, 5.41) is 12.6. The molecule has 0 radical (unpaired) electrons. The summed E-state index contributed by atoms with van der Waals surface area (Å²) in [4.78, 5) is 1.02. The topological polar surface area (TPSA) is 57.6 Å². The molecule has 7 heteroatoms. The number of aliphatic hydroxyl groups is 1. The fraction of sp³-hybridized carbons (Fsp3) is 0.333. The summed E-state index contributed by atoms with van der Waals surface area (Å²) in [6, 6.07) is 5.38. The normalized spacial score (nSPS) is 12.2. The Labute approximate surface area is 121 Å². The number of sulfonamides is 1. The lowest BCUT2D eigenvalue weighted by atomic mass is 10.4. The van der Waals surface area contributed by atoms with Crippen molar-refractivity contribution >= 4 is 32.7 Å². The number of hydrogen-bond acceptors (Lipinski definition) is 5. The average Bonchev–Trinajstić information content (AvgIpc) is 3.06. The van der Waals surface area contributed by atoms with Gasteiger partial charge in [-0.1, -0.05) is 13.0 Å². The van der Waals surface area contributed by atoms with Gasteiger partial charge < -0.3 is 5.11 Å². The minimum Gasteiger partial charge on any atom is -0.392 e. The molecule has 0 bridgehead atoms. The van der Waals surface area contributed by atoms with Gasteiger partial charge in [0.05, 0.1) is 6.61 Å². The van der Waals surface area contributed by atoms with Crippen molar-refractivity contribution in [3.05, 3.63) is 39.4 Å². The average molecular weight is 317 g/mol. The first-order valence-corrected chi connectivity index (χ1v) is 8.98. The fourth-order valence-electron chi connectivity index (χ4n) is 1.64. The lowest BCUT2D eigenvalue weighted by Gasteiger charge is -2.18. The maximum absolute atomic E-state index is 12.5. The zero-order valence-corrected chi connectivity index (χ0v) is 12.9. The van der Waals surface area contributed by atoms with Crippen molar-refractivity contribution in [2.75, 3.05) is 6.54 Å². The molecule has 0 atom stereocenters. The second-order valence-corrected chi connectivity index (χ2v) is 8.05. The summed E-state index contributed by atoms with van der Waals surface area (Å²) < 4.78 is 26.7. The molecule has 0 saturated carbocycles. The molecule has 0 aliphatic carbocycles. The predicted molar refractivity (Wildman–Crippen MR) is 77.8 cm³/mol. The fourth-order valence-corrected chi connectivity index (χ4v) is 5.22. The molecule has 104 valence electrons. The summed E-state index contributed by atoms with van der Waals surface area (Å²) >= 11 is 2.70. The lowest BCUT2D eigenvalue weighted by Crippen LogP contribution is -2.29. The number of thiophene rings is 2. The van der Waals surface area contributed by atoms with Crippen molar-refractivity contribution < 1.29 is 13.5 Å². The Morgan fingerprint density at radius 3 is 2.68 bits per heavy atom. The monoisotopic (exact) mass is 317 g/mol. The highest BCUT2D eigenvalue weighted by Crippen LogP contribution is 2.25. The van der Waals surface area contributed by atoms with Crippen molar-refractivity contribution in [2.24, 2.45) is 0 Å². The molecule has 0 fully saturated rings. The van der Waals surface area contributed by atoms with Gasteiger partial charge in [0.2, 0.25) is 0 Å². The Morgan fingerprint density at radius 1 is 1.37 bits per heavy atom. The smallest absolute Gasteiger partial charge is 0.252 e. The van der Waals surface area contributed by atoms with Gasteiger partial charge in [-0.25, -0.2) is 8.42 Å². The van der Waals surface area contributed by atoms with Crippen LogP contribution in [-0.2, 0) is 23.2 Å². The first-order chi connectivity index (χ1) is 9.07. The van der Waals surface area contributed by atoms with E-state index in [-0.39, 0.29) is 10.8 Å². The number of hydrogen-bond donors (Lipinski definition) is 1. The zero-order valence-electron chi connectivity index (χ0n) is 10.4. The van der Waals surface area contributed by atoms with Gasteiger partial charge in [0.25, 0.3) is 10.0 Å². The molecule has 19 heavy (non-hydrogen) atoms. The molecular formula is C12H15NO3S3. The Bertz CT molecular complexity index is 616. The lowest BCUT2D eigenvalue weighted by molar-refractivity contribution is 0.282. The van der Waals surface area contributed by atoms with Crippen LogP contribution >= 0.6 is 22.7 Å². The standard InChI is InChI=1S/C12H15NO3S3/c1-2-13(7-11-4-3-5-17-11)19(15,16)12-6-10(8-14)9-18-12/h3-6,9,14H,2,7-8H2,1H3. The Morgan fingerprint density at radius 2 is 2.16 bits per heavy atom. The van der Waals surface area contributed by atoms with E-state index >= 15 is 0 Å². The van der Waals surface area contributed by atoms with Crippen LogP contribution in [0.4, 0.5) is 0 Å². The SMILES string of the molecule is CCN(Cc1cccs1)S(=O)(=O)c1cc(CO)cs1. The third-order valence-corrected chi connectivity index (χ3v) is 6.92. The van der Waals surface area contributed by atoms with Crippen LogP contribution in [0.3, 0.4) is 0 Å². The van der Waals surface area contributed by atoms with Crippen molar-refractivity contribution in [1.29, 1.82) is 0 Å². The Kier molecular flexibility index (Phi) is 4.75. The van der Waals surface area contributed by atoms with Crippen molar-refractivity contribution in [3.63, 3.8) is 0 Å². The van der Waals surface area contributed by atoms with E-state index in [1.54, 1.807) is 16.7 Å². The Balaban J connectivity index is 2.25. The molecule has 0 unspecified atom stereocenters. The van der Waals surface area contributed by atoms with E-state index in [1.807, 2.05) is 24.4 Å². The van der Waals surface area contributed by atoms with Crippen LogP contribution in [0.1, 0.15) is 17.4 Å². The maximum Gasteiger partial charge on any atom is 0.252 e. The quantitative estimate of drug-likeness (QED) is 0.890. The second kappa shape index (κ2) is 6.15. The van der Waals surface area contributed by atoms with E-state index in [1.165, 1.54) is 10.4 Å². The largest absolute Gasteiger partial charge is 0.392 e. The van der Waals surface area contributed by atoms with Gasteiger partial charge in [-0.2, -0.15) is 4.31 Å². The van der Waals surface area contributed by atoms with Gasteiger partial charge in [-0.3, -0.25) is 0 Å². The van der Waals surface area contributed by atoms with E-state index in [4.69, 9.17) is 5.11 Å². The molecule has 0 saturated heterocycles. The van der Waals surface area contributed by atoms with Crippen molar-refractivity contribution in [1.82, 2.24) is 4.31 Å². The zero-order chi connectivity index (χ0) is 13.9. The van der Waals surface area contributed by atoms with Crippen molar-refractivity contribution in [2.45, 2.75) is 24.3 Å². The molecule has 4 nitrogen and oxygen atoms in total. The first kappa shape index (κ1) is 14.7. The van der Waals surface area contributed by atoms with Gasteiger partial charge in [0.15, 0.2) is 0 Å². The molecule has 0 aliphatic heterocycles. The van der Waals surface area contributed by atoms with Crippen LogP contribution in [-0.4, -0.2) is 24.4 Å². The first-order valence-electron chi connectivity index (χ1n) is 5.78. The highest BCUT2D eigenvalue weighted by atomic mass is 32.2. The third kappa shape index (κ3) is 3.24. The van der Waals surface area contributed by atoms with Gasteiger partial charge in [-0.15, -0.1) is 22.7 Å². The highest BCUT2D eigenvalue weighted by Gasteiger charge is 2.25. The summed E-state index contributed by atoms with van der Waals surface area (Å²) in [6.07, 6.45) is 0. The summed E-state index contributed by atoms with van der Waals surface area (Å²) in [5.41, 5.74) is 0.635. The minimum atomic E-state index is -3.47. The molecule has 2 aromatic rings. The van der Waals surface area contributed by atoms with Crippen molar-refractivity contribution in [3.8, 4) is 0 Å². The van der Waals surface area contributed by atoms with E-state index < -0.39 is 10.0 Å². The molecule has 0 aromatic carbocycles. The molecule has 0 amide bonds. The van der Waals surface area contributed by atoms with E-state index in [2.05, 4.69) is 0 Å². The summed E-state index contributed by atoms with van der Waals surface area (Å²) in [6.45, 7) is 2.50. The number of aliphatic hydroxyl groups excluding tert-OH is 1. The molecule has 0 spiro atoms. The highest BCUT2D eigenvalue weighted by molar-refractivity contribution is 7.91. The number of nitrogens with zero attached hydrogens (tertiary/aromatic N) is 1. The van der Waals surface area contributed by atoms with E-state index in [0.29, 0.717) is 18.7 Å². The Hall–Kier alpha value is -0.730. The molecule has 1 N–H and O–H groups in total. The van der Waals surface area contributed by atoms with Gasteiger partial charge in [0, 0.05) is 18.0 Å². The van der Waals surface area contributed by atoms with Crippen LogP contribution < -0.4 is 0 Å².